The highest BCUT2D eigenvalue weighted by atomic mass is 35.5. The van der Waals surface area contributed by atoms with Crippen molar-refractivity contribution < 1.29 is 9.63 Å². The number of carbonyl (C=O) groups is 1. The molecule has 4 aromatic rings. The van der Waals surface area contributed by atoms with Gasteiger partial charge in [0.2, 0.25) is 5.95 Å². The molecule has 6 nitrogen and oxygen atoms in total. The minimum atomic E-state index is -0.342. The molecule has 0 saturated heterocycles. The molecule has 0 bridgehead atoms. The molecule has 0 radical (unpaired) electrons. The highest BCUT2D eigenvalue weighted by Crippen LogP contribution is 2.20. The molecule has 7 heteroatoms. The van der Waals surface area contributed by atoms with Crippen LogP contribution in [-0.4, -0.2) is 15.9 Å². The second-order valence-corrected chi connectivity index (χ2v) is 6.74. The second kappa shape index (κ2) is 8.68. The predicted molar refractivity (Wildman–Crippen MR) is 113 cm³/mol. The number of hydrogen-bond donors (Lipinski definition) is 2. The maximum Gasteiger partial charge on any atom is 0.274 e. The fourth-order valence-corrected chi connectivity index (χ4v) is 2.93. The first-order valence-electron chi connectivity index (χ1n) is 8.93. The van der Waals surface area contributed by atoms with Crippen molar-refractivity contribution in [2.24, 2.45) is 0 Å². The van der Waals surface area contributed by atoms with E-state index in [1.54, 1.807) is 36.5 Å². The van der Waals surface area contributed by atoms with Crippen LogP contribution in [0.25, 0.3) is 10.9 Å². The lowest BCUT2D eigenvalue weighted by Gasteiger charge is -2.08. The summed E-state index contributed by atoms with van der Waals surface area (Å²) in [6.45, 7) is 0.288. The van der Waals surface area contributed by atoms with Gasteiger partial charge in [-0.25, -0.2) is 15.4 Å². The van der Waals surface area contributed by atoms with Crippen LogP contribution in [0.2, 0.25) is 5.02 Å². The summed E-state index contributed by atoms with van der Waals surface area (Å²) in [5.74, 6) is 0.0726. The summed E-state index contributed by atoms with van der Waals surface area (Å²) < 4.78 is 0. The molecule has 2 N–H and O–H groups in total. The van der Waals surface area contributed by atoms with Crippen molar-refractivity contribution in [1.29, 1.82) is 0 Å². The molecule has 0 aliphatic rings. The Morgan fingerprint density at radius 3 is 2.69 bits per heavy atom. The van der Waals surface area contributed by atoms with Crippen LogP contribution < -0.4 is 10.8 Å². The first-order chi connectivity index (χ1) is 14.2. The van der Waals surface area contributed by atoms with Crippen molar-refractivity contribution in [2.45, 2.75) is 6.61 Å². The third-order valence-corrected chi connectivity index (χ3v) is 4.41. The van der Waals surface area contributed by atoms with Gasteiger partial charge in [-0.2, -0.15) is 0 Å². The van der Waals surface area contributed by atoms with Gasteiger partial charge < -0.3 is 5.32 Å². The van der Waals surface area contributed by atoms with Crippen LogP contribution in [0.15, 0.2) is 79.0 Å². The molecule has 0 atom stereocenters. The first-order valence-corrected chi connectivity index (χ1v) is 9.31. The van der Waals surface area contributed by atoms with E-state index in [-0.39, 0.29) is 12.5 Å². The molecule has 1 aromatic heterocycles. The van der Waals surface area contributed by atoms with Gasteiger partial charge in [0, 0.05) is 27.9 Å². The Kier molecular flexibility index (Phi) is 5.65. The number of halogens is 1. The lowest BCUT2D eigenvalue weighted by molar-refractivity contribution is 0.0233. The van der Waals surface area contributed by atoms with Crippen molar-refractivity contribution in [3.8, 4) is 0 Å². The van der Waals surface area contributed by atoms with Crippen molar-refractivity contribution in [3.05, 3.63) is 95.1 Å². The van der Waals surface area contributed by atoms with Crippen molar-refractivity contribution in [2.75, 3.05) is 5.32 Å². The molecule has 3 aromatic carbocycles. The van der Waals surface area contributed by atoms with Gasteiger partial charge in [-0.1, -0.05) is 54.1 Å². The molecule has 1 amide bonds. The summed E-state index contributed by atoms with van der Waals surface area (Å²) in [6, 6.07) is 22.1. The number of benzene rings is 3. The number of hydroxylamine groups is 1. The van der Waals surface area contributed by atoms with Gasteiger partial charge in [-0.3, -0.25) is 9.63 Å². The molecular formula is C22H17ClN4O2. The average molecular weight is 405 g/mol. The van der Waals surface area contributed by atoms with Crippen molar-refractivity contribution >= 4 is 40.0 Å². The van der Waals surface area contributed by atoms with Gasteiger partial charge in [0.05, 0.1) is 12.1 Å². The Hall–Kier alpha value is -3.48. The zero-order chi connectivity index (χ0) is 20.1. The predicted octanol–water partition coefficient (Wildman–Crippen LogP) is 4.89. The minimum Gasteiger partial charge on any atom is -0.324 e. The lowest BCUT2D eigenvalue weighted by Crippen LogP contribution is -2.23. The Bertz CT molecular complexity index is 1150. The van der Waals surface area contributed by atoms with Gasteiger partial charge in [0.25, 0.3) is 5.91 Å². The molecule has 0 aliphatic heterocycles. The van der Waals surface area contributed by atoms with E-state index in [4.69, 9.17) is 16.4 Å². The average Bonchev–Trinajstić information content (AvgIpc) is 2.74. The number of aromatic nitrogens is 2. The van der Waals surface area contributed by atoms with Gasteiger partial charge in [0.15, 0.2) is 0 Å². The number of rotatable bonds is 6. The van der Waals surface area contributed by atoms with Crippen LogP contribution >= 0.6 is 11.6 Å². The third-order valence-electron chi connectivity index (χ3n) is 4.17. The zero-order valence-corrected chi connectivity index (χ0v) is 16.1. The standard InChI is InChI=1S/C22H17ClN4O2/c23-18-7-4-8-19(12-18)25-22-24-13-17-10-9-16(11-20(17)26-22)21(28)27-29-14-15-5-2-1-3-6-15/h1-13H,14H2,(H,27,28)(H,24,25,26). The summed E-state index contributed by atoms with van der Waals surface area (Å²) >= 11 is 6.01. The second-order valence-electron chi connectivity index (χ2n) is 6.31. The maximum atomic E-state index is 12.4. The Morgan fingerprint density at radius 2 is 1.86 bits per heavy atom. The van der Waals surface area contributed by atoms with E-state index in [0.717, 1.165) is 16.6 Å². The van der Waals surface area contributed by atoms with E-state index < -0.39 is 0 Å². The van der Waals surface area contributed by atoms with E-state index in [0.29, 0.717) is 22.1 Å². The van der Waals surface area contributed by atoms with E-state index in [1.807, 2.05) is 42.5 Å². The maximum absolute atomic E-state index is 12.4. The van der Waals surface area contributed by atoms with Crippen LogP contribution in [0.3, 0.4) is 0 Å². The summed E-state index contributed by atoms with van der Waals surface area (Å²) in [7, 11) is 0. The number of anilines is 2. The van der Waals surface area contributed by atoms with Gasteiger partial charge in [-0.15, -0.1) is 0 Å². The number of hydrogen-bond acceptors (Lipinski definition) is 5. The number of nitrogens with one attached hydrogen (secondary N) is 2. The zero-order valence-electron chi connectivity index (χ0n) is 15.3. The van der Waals surface area contributed by atoms with E-state index >= 15 is 0 Å². The molecule has 0 aliphatic carbocycles. The van der Waals surface area contributed by atoms with Crippen LogP contribution in [0, 0.1) is 0 Å². The molecule has 0 spiro atoms. The van der Waals surface area contributed by atoms with Crippen molar-refractivity contribution in [1.82, 2.24) is 15.4 Å². The highest BCUT2D eigenvalue weighted by Gasteiger charge is 2.09. The Labute approximate surface area is 172 Å². The smallest absolute Gasteiger partial charge is 0.274 e. The minimum absolute atomic E-state index is 0.288. The van der Waals surface area contributed by atoms with E-state index in [9.17, 15) is 4.79 Å². The molecule has 0 fully saturated rings. The highest BCUT2D eigenvalue weighted by molar-refractivity contribution is 6.30. The molecule has 0 saturated carbocycles. The van der Waals surface area contributed by atoms with Gasteiger partial charge in [-0.05, 0) is 35.9 Å². The van der Waals surface area contributed by atoms with E-state index in [2.05, 4.69) is 20.8 Å². The molecule has 4 rings (SSSR count). The number of carbonyl (C=O) groups excluding carboxylic acids is 1. The summed E-state index contributed by atoms with van der Waals surface area (Å²) in [4.78, 5) is 26.5. The van der Waals surface area contributed by atoms with Crippen LogP contribution in [0.4, 0.5) is 11.6 Å². The van der Waals surface area contributed by atoms with Gasteiger partial charge >= 0.3 is 0 Å². The molecule has 29 heavy (non-hydrogen) atoms. The van der Waals surface area contributed by atoms with Crippen LogP contribution in [0.1, 0.15) is 15.9 Å². The summed E-state index contributed by atoms with van der Waals surface area (Å²) in [6.07, 6.45) is 1.70. The normalized spacial score (nSPS) is 10.7. The lowest BCUT2D eigenvalue weighted by atomic mass is 10.1. The fraction of sp³-hybridized carbons (Fsp3) is 0.0455. The number of amides is 1. The number of nitrogens with zero attached hydrogens (tertiary/aromatic N) is 2. The van der Waals surface area contributed by atoms with E-state index in [1.165, 1.54) is 0 Å². The quantitative estimate of drug-likeness (QED) is 0.447. The third kappa shape index (κ3) is 4.87. The van der Waals surface area contributed by atoms with Crippen molar-refractivity contribution in [3.63, 3.8) is 0 Å². The van der Waals surface area contributed by atoms with Gasteiger partial charge in [0.1, 0.15) is 0 Å². The van der Waals surface area contributed by atoms with Crippen LogP contribution in [0.5, 0.6) is 0 Å². The Balaban J connectivity index is 1.46. The monoisotopic (exact) mass is 404 g/mol. The first kappa shape index (κ1) is 18.9. The van der Waals surface area contributed by atoms with Crippen LogP contribution in [-0.2, 0) is 11.4 Å². The molecular weight excluding hydrogens is 388 g/mol. The molecule has 1 heterocycles. The SMILES string of the molecule is O=C(NOCc1ccccc1)c1ccc2cnc(Nc3cccc(Cl)c3)nc2c1. The Morgan fingerprint density at radius 1 is 1.00 bits per heavy atom. The summed E-state index contributed by atoms with van der Waals surface area (Å²) in [5.41, 5.74) is 5.29. The molecule has 144 valence electrons. The topological polar surface area (TPSA) is 76.1 Å². The largest absolute Gasteiger partial charge is 0.324 e. The number of fused-ring (bicyclic) bond motifs is 1. The fourth-order valence-electron chi connectivity index (χ4n) is 2.74. The molecule has 0 unspecified atom stereocenters. The summed E-state index contributed by atoms with van der Waals surface area (Å²) in [5, 5.41) is 4.54.